The number of carbonyl (C=O) groups is 1. The number of rotatable bonds is 3. The van der Waals surface area contributed by atoms with Crippen LogP contribution in [-0.4, -0.2) is 33.1 Å². The lowest BCUT2D eigenvalue weighted by atomic mass is 10.4. The quantitative estimate of drug-likeness (QED) is 0.841. The average molecular weight is 250 g/mol. The molecule has 0 aliphatic rings. The Balaban J connectivity index is 2.14. The highest BCUT2D eigenvalue weighted by molar-refractivity contribution is 7.15. The summed E-state index contributed by atoms with van der Waals surface area (Å²) in [6.07, 6.45) is 2.93. The Bertz CT molecular complexity index is 540. The number of aromatic nitrogens is 4. The summed E-state index contributed by atoms with van der Waals surface area (Å²) in [5, 5.41) is 14.3. The van der Waals surface area contributed by atoms with Crippen LogP contribution in [0.3, 0.4) is 0 Å². The van der Waals surface area contributed by atoms with E-state index < -0.39 is 0 Å². The first-order valence-electron chi connectivity index (χ1n) is 4.80. The van der Waals surface area contributed by atoms with Gasteiger partial charge in [-0.2, -0.15) is 0 Å². The molecule has 0 fully saturated rings. The summed E-state index contributed by atoms with van der Waals surface area (Å²) < 4.78 is 0. The molecule has 17 heavy (non-hydrogen) atoms. The van der Waals surface area contributed by atoms with E-state index in [1.54, 1.807) is 7.05 Å². The second-order valence-electron chi connectivity index (χ2n) is 3.12. The van der Waals surface area contributed by atoms with E-state index in [-0.39, 0.29) is 11.6 Å². The van der Waals surface area contributed by atoms with E-state index in [1.165, 1.54) is 23.7 Å². The molecular formula is C9H10N6OS. The SMILES string of the molecule is CNc1cncc(C(=O)Nc2nnc(C)s2)n1. The van der Waals surface area contributed by atoms with Crippen molar-refractivity contribution in [3.63, 3.8) is 0 Å². The van der Waals surface area contributed by atoms with Crippen LogP contribution in [0.2, 0.25) is 0 Å². The van der Waals surface area contributed by atoms with E-state index in [4.69, 9.17) is 0 Å². The van der Waals surface area contributed by atoms with Crippen LogP contribution in [-0.2, 0) is 0 Å². The third kappa shape index (κ3) is 2.72. The van der Waals surface area contributed by atoms with Crippen molar-refractivity contribution in [2.75, 3.05) is 17.7 Å². The maximum absolute atomic E-state index is 11.8. The van der Waals surface area contributed by atoms with Crippen molar-refractivity contribution in [2.24, 2.45) is 0 Å². The van der Waals surface area contributed by atoms with Crippen LogP contribution in [0, 0.1) is 6.92 Å². The van der Waals surface area contributed by atoms with Crippen LogP contribution < -0.4 is 10.6 Å². The van der Waals surface area contributed by atoms with Crippen LogP contribution in [0.15, 0.2) is 12.4 Å². The summed E-state index contributed by atoms with van der Waals surface area (Å²) in [7, 11) is 1.71. The summed E-state index contributed by atoms with van der Waals surface area (Å²) in [6, 6.07) is 0. The number of carbonyl (C=O) groups excluding carboxylic acids is 1. The maximum Gasteiger partial charge on any atom is 0.277 e. The van der Waals surface area contributed by atoms with Gasteiger partial charge in [-0.3, -0.25) is 15.1 Å². The molecule has 0 radical (unpaired) electrons. The Morgan fingerprint density at radius 3 is 2.82 bits per heavy atom. The van der Waals surface area contributed by atoms with Crippen LogP contribution in [0.25, 0.3) is 0 Å². The van der Waals surface area contributed by atoms with Crippen molar-refractivity contribution in [1.82, 2.24) is 20.2 Å². The predicted octanol–water partition coefficient (Wildman–Crippen LogP) is 0.931. The minimum absolute atomic E-state index is 0.227. The number of anilines is 2. The van der Waals surface area contributed by atoms with Crippen molar-refractivity contribution in [1.29, 1.82) is 0 Å². The Hall–Kier alpha value is -2.09. The largest absolute Gasteiger partial charge is 0.372 e. The zero-order valence-electron chi connectivity index (χ0n) is 9.26. The maximum atomic E-state index is 11.8. The van der Waals surface area contributed by atoms with E-state index in [0.717, 1.165) is 5.01 Å². The van der Waals surface area contributed by atoms with Gasteiger partial charge in [-0.25, -0.2) is 4.98 Å². The normalized spacial score (nSPS) is 10.0. The highest BCUT2D eigenvalue weighted by Gasteiger charge is 2.11. The highest BCUT2D eigenvalue weighted by atomic mass is 32.1. The molecular weight excluding hydrogens is 240 g/mol. The predicted molar refractivity (Wildman–Crippen MR) is 64.2 cm³/mol. The van der Waals surface area contributed by atoms with Crippen LogP contribution >= 0.6 is 11.3 Å². The van der Waals surface area contributed by atoms with Crippen molar-refractivity contribution >= 4 is 28.2 Å². The fraction of sp³-hybridized carbons (Fsp3) is 0.222. The van der Waals surface area contributed by atoms with Gasteiger partial charge >= 0.3 is 0 Å². The van der Waals surface area contributed by atoms with Gasteiger partial charge in [0.25, 0.3) is 5.91 Å². The van der Waals surface area contributed by atoms with E-state index in [0.29, 0.717) is 10.9 Å². The molecule has 2 rings (SSSR count). The first kappa shape index (κ1) is 11.4. The molecule has 0 aliphatic carbocycles. The van der Waals surface area contributed by atoms with Crippen LogP contribution in [0.1, 0.15) is 15.5 Å². The number of nitrogens with one attached hydrogen (secondary N) is 2. The van der Waals surface area contributed by atoms with E-state index in [2.05, 4.69) is 30.8 Å². The number of nitrogens with zero attached hydrogens (tertiary/aromatic N) is 4. The number of amides is 1. The van der Waals surface area contributed by atoms with E-state index >= 15 is 0 Å². The molecule has 88 valence electrons. The summed E-state index contributed by atoms with van der Waals surface area (Å²) in [5.41, 5.74) is 0.227. The van der Waals surface area contributed by atoms with E-state index in [1.807, 2.05) is 6.92 Å². The lowest BCUT2D eigenvalue weighted by Gasteiger charge is -2.02. The molecule has 0 aromatic carbocycles. The van der Waals surface area contributed by atoms with Gasteiger partial charge in [-0.1, -0.05) is 11.3 Å². The fourth-order valence-corrected chi connectivity index (χ4v) is 1.69. The minimum atomic E-state index is -0.356. The van der Waals surface area contributed by atoms with Gasteiger partial charge in [-0.15, -0.1) is 10.2 Å². The molecule has 0 saturated carbocycles. The summed E-state index contributed by atoms with van der Waals surface area (Å²) in [6.45, 7) is 1.81. The monoisotopic (exact) mass is 250 g/mol. The minimum Gasteiger partial charge on any atom is -0.372 e. The molecule has 8 heteroatoms. The number of hydrogen-bond donors (Lipinski definition) is 2. The molecule has 0 unspecified atom stereocenters. The van der Waals surface area contributed by atoms with Gasteiger partial charge < -0.3 is 5.32 Å². The second-order valence-corrected chi connectivity index (χ2v) is 4.30. The zero-order valence-corrected chi connectivity index (χ0v) is 10.1. The topological polar surface area (TPSA) is 92.7 Å². The summed E-state index contributed by atoms with van der Waals surface area (Å²) in [5.74, 6) is 0.178. The molecule has 7 nitrogen and oxygen atoms in total. The van der Waals surface area contributed by atoms with Crippen molar-refractivity contribution in [3.8, 4) is 0 Å². The third-order valence-electron chi connectivity index (χ3n) is 1.87. The molecule has 0 atom stereocenters. The molecule has 2 aromatic heterocycles. The molecule has 0 bridgehead atoms. The molecule has 0 spiro atoms. The van der Waals surface area contributed by atoms with E-state index in [9.17, 15) is 4.79 Å². The third-order valence-corrected chi connectivity index (χ3v) is 2.62. The van der Waals surface area contributed by atoms with Gasteiger partial charge in [0.1, 0.15) is 16.5 Å². The van der Waals surface area contributed by atoms with Crippen LogP contribution in [0.4, 0.5) is 10.9 Å². The lowest BCUT2D eigenvalue weighted by molar-refractivity contribution is 0.102. The fourth-order valence-electron chi connectivity index (χ4n) is 1.10. The van der Waals surface area contributed by atoms with Gasteiger partial charge in [0.15, 0.2) is 0 Å². The molecule has 2 heterocycles. The Morgan fingerprint density at radius 1 is 1.35 bits per heavy atom. The van der Waals surface area contributed by atoms with Crippen molar-refractivity contribution in [2.45, 2.75) is 6.92 Å². The van der Waals surface area contributed by atoms with Crippen LogP contribution in [0.5, 0.6) is 0 Å². The van der Waals surface area contributed by atoms with Crippen molar-refractivity contribution < 1.29 is 4.79 Å². The highest BCUT2D eigenvalue weighted by Crippen LogP contribution is 2.14. The summed E-state index contributed by atoms with van der Waals surface area (Å²) >= 11 is 1.30. The number of aryl methyl sites for hydroxylation is 1. The Labute approximate surface area is 101 Å². The Morgan fingerprint density at radius 2 is 2.18 bits per heavy atom. The van der Waals surface area contributed by atoms with Crippen molar-refractivity contribution in [3.05, 3.63) is 23.1 Å². The smallest absolute Gasteiger partial charge is 0.277 e. The van der Waals surface area contributed by atoms with Gasteiger partial charge in [0, 0.05) is 7.05 Å². The lowest BCUT2D eigenvalue weighted by Crippen LogP contribution is -2.14. The van der Waals surface area contributed by atoms with Gasteiger partial charge in [0.2, 0.25) is 5.13 Å². The molecule has 1 amide bonds. The Kier molecular flexibility index (Phi) is 3.24. The molecule has 0 saturated heterocycles. The zero-order chi connectivity index (χ0) is 12.3. The number of hydrogen-bond acceptors (Lipinski definition) is 7. The molecule has 2 N–H and O–H groups in total. The summed E-state index contributed by atoms with van der Waals surface area (Å²) in [4.78, 5) is 19.8. The van der Waals surface area contributed by atoms with Gasteiger partial charge in [-0.05, 0) is 6.92 Å². The van der Waals surface area contributed by atoms with Gasteiger partial charge in [0.05, 0.1) is 12.4 Å². The second kappa shape index (κ2) is 4.83. The first-order chi connectivity index (χ1) is 8.19. The molecule has 0 aliphatic heterocycles. The standard InChI is InChI=1S/C9H10N6OS/c1-5-14-15-9(17-5)13-8(16)6-3-11-4-7(10-2)12-6/h3-4H,1-2H3,(H,10,12)(H,13,15,16). The first-order valence-corrected chi connectivity index (χ1v) is 5.62. The average Bonchev–Trinajstić information content (AvgIpc) is 2.75. The molecule has 2 aromatic rings.